The molecular formula is C17H18IN3O2. The highest BCUT2D eigenvalue weighted by Crippen LogP contribution is 2.39. The van der Waals surface area contributed by atoms with Gasteiger partial charge in [0.05, 0.1) is 12.2 Å². The molecular weight excluding hydrogens is 405 g/mol. The van der Waals surface area contributed by atoms with Crippen molar-refractivity contribution < 1.29 is 9.47 Å². The number of fused-ring (bicyclic) bond motifs is 2. The Hall–Kier alpha value is -1.25. The summed E-state index contributed by atoms with van der Waals surface area (Å²) in [6.07, 6.45) is 3.58. The first-order chi connectivity index (χ1) is 11.0. The molecule has 0 radical (unpaired) electrons. The van der Waals surface area contributed by atoms with E-state index in [1.54, 1.807) is 6.33 Å². The summed E-state index contributed by atoms with van der Waals surface area (Å²) < 4.78 is 13.0. The Kier molecular flexibility index (Phi) is 3.78. The lowest BCUT2D eigenvalue weighted by Gasteiger charge is -2.27. The molecule has 0 bridgehead atoms. The van der Waals surface area contributed by atoms with Crippen LogP contribution in [0.15, 0.2) is 30.6 Å². The maximum absolute atomic E-state index is 6.06. The molecule has 0 unspecified atom stereocenters. The summed E-state index contributed by atoms with van der Waals surface area (Å²) >= 11 is 2.19. The molecule has 0 spiro atoms. The van der Waals surface area contributed by atoms with Crippen molar-refractivity contribution in [2.45, 2.75) is 44.7 Å². The van der Waals surface area contributed by atoms with E-state index in [9.17, 15) is 0 Å². The number of ether oxygens (including phenoxy) is 2. The molecule has 0 saturated carbocycles. The average Bonchev–Trinajstić information content (AvgIpc) is 2.78. The van der Waals surface area contributed by atoms with E-state index in [1.807, 2.05) is 19.9 Å². The third-order valence-corrected chi connectivity index (χ3v) is 4.87. The predicted octanol–water partition coefficient (Wildman–Crippen LogP) is 3.44. The second-order valence-electron chi connectivity index (χ2n) is 6.41. The van der Waals surface area contributed by atoms with Crippen LogP contribution in [-0.4, -0.2) is 28.0 Å². The third-order valence-electron chi connectivity index (χ3n) is 4.28. The number of anilines is 2. The molecule has 1 aliphatic heterocycles. The lowest BCUT2D eigenvalue weighted by molar-refractivity contribution is -0.145. The highest BCUT2D eigenvalue weighted by atomic mass is 127. The van der Waals surface area contributed by atoms with Crippen LogP contribution in [0.5, 0.6) is 0 Å². The molecule has 1 N–H and O–H groups in total. The van der Waals surface area contributed by atoms with Crippen LogP contribution in [0.4, 0.5) is 11.5 Å². The van der Waals surface area contributed by atoms with Crippen LogP contribution in [0, 0.1) is 3.70 Å². The topological polar surface area (TPSA) is 56.3 Å². The molecule has 1 aromatic carbocycles. The lowest BCUT2D eigenvalue weighted by atomic mass is 9.86. The lowest BCUT2D eigenvalue weighted by Crippen LogP contribution is -2.32. The van der Waals surface area contributed by atoms with Crippen LogP contribution in [0.2, 0.25) is 0 Å². The molecule has 2 heterocycles. The first-order valence-corrected chi connectivity index (χ1v) is 8.79. The van der Waals surface area contributed by atoms with Gasteiger partial charge in [-0.15, -0.1) is 0 Å². The summed E-state index contributed by atoms with van der Waals surface area (Å²) in [6.45, 7) is 3.97. The van der Waals surface area contributed by atoms with Crippen molar-refractivity contribution in [2.24, 2.45) is 0 Å². The van der Waals surface area contributed by atoms with Crippen LogP contribution in [-0.2, 0) is 22.3 Å². The normalized spacial score (nSPS) is 24.8. The van der Waals surface area contributed by atoms with E-state index < -0.39 is 5.79 Å². The van der Waals surface area contributed by atoms with E-state index in [4.69, 9.17) is 9.47 Å². The molecule has 6 heteroatoms. The minimum Gasteiger partial charge on any atom is -0.344 e. The van der Waals surface area contributed by atoms with Gasteiger partial charge in [-0.05, 0) is 53.6 Å². The van der Waals surface area contributed by atoms with Gasteiger partial charge in [-0.3, -0.25) is 0 Å². The molecule has 0 amide bonds. The van der Waals surface area contributed by atoms with Crippen molar-refractivity contribution in [1.29, 1.82) is 0 Å². The van der Waals surface area contributed by atoms with Crippen molar-refractivity contribution >= 4 is 34.1 Å². The Bertz CT molecular complexity index is 750. The minimum absolute atomic E-state index is 0.117. The van der Waals surface area contributed by atoms with Gasteiger partial charge in [-0.2, -0.15) is 0 Å². The number of hydrogen-bond acceptors (Lipinski definition) is 5. The van der Waals surface area contributed by atoms with Crippen molar-refractivity contribution in [3.05, 3.63) is 45.4 Å². The van der Waals surface area contributed by atoms with Gasteiger partial charge in [0.1, 0.15) is 15.8 Å². The number of benzene rings is 1. The SMILES string of the molecule is CC1(C)O[C@H]2Cc3cccc(Nc4cc(I)ncn4)c3C[C@H]2O1. The van der Waals surface area contributed by atoms with Gasteiger partial charge in [-0.25, -0.2) is 9.97 Å². The van der Waals surface area contributed by atoms with Crippen LogP contribution >= 0.6 is 22.6 Å². The summed E-state index contributed by atoms with van der Waals surface area (Å²) in [5.74, 6) is 0.317. The van der Waals surface area contributed by atoms with Gasteiger partial charge in [0.2, 0.25) is 0 Å². The van der Waals surface area contributed by atoms with E-state index >= 15 is 0 Å². The maximum atomic E-state index is 6.06. The Morgan fingerprint density at radius 1 is 1.17 bits per heavy atom. The first-order valence-electron chi connectivity index (χ1n) is 7.71. The van der Waals surface area contributed by atoms with E-state index in [2.05, 4.69) is 56.1 Å². The highest BCUT2D eigenvalue weighted by molar-refractivity contribution is 14.1. The zero-order valence-electron chi connectivity index (χ0n) is 13.0. The largest absolute Gasteiger partial charge is 0.344 e. The zero-order valence-corrected chi connectivity index (χ0v) is 15.2. The van der Waals surface area contributed by atoms with E-state index in [0.29, 0.717) is 0 Å². The molecule has 2 atom stereocenters. The molecule has 1 aliphatic carbocycles. The van der Waals surface area contributed by atoms with Crippen LogP contribution in [0.1, 0.15) is 25.0 Å². The van der Waals surface area contributed by atoms with Crippen LogP contribution in [0.3, 0.4) is 0 Å². The van der Waals surface area contributed by atoms with Gasteiger partial charge in [-0.1, -0.05) is 12.1 Å². The number of nitrogens with one attached hydrogen (secondary N) is 1. The zero-order chi connectivity index (χ0) is 16.0. The molecule has 1 saturated heterocycles. The summed E-state index contributed by atoms with van der Waals surface area (Å²) in [4.78, 5) is 8.42. The van der Waals surface area contributed by atoms with Gasteiger partial charge in [0, 0.05) is 24.6 Å². The van der Waals surface area contributed by atoms with Crippen molar-refractivity contribution in [2.75, 3.05) is 5.32 Å². The second kappa shape index (κ2) is 5.68. The van der Waals surface area contributed by atoms with E-state index in [1.165, 1.54) is 11.1 Å². The van der Waals surface area contributed by atoms with Gasteiger partial charge >= 0.3 is 0 Å². The maximum Gasteiger partial charge on any atom is 0.163 e. The van der Waals surface area contributed by atoms with Crippen molar-refractivity contribution in [3.63, 3.8) is 0 Å². The van der Waals surface area contributed by atoms with Crippen molar-refractivity contribution in [3.8, 4) is 0 Å². The average molecular weight is 423 g/mol. The number of rotatable bonds is 2. The molecule has 5 nitrogen and oxygen atoms in total. The summed E-state index contributed by atoms with van der Waals surface area (Å²) in [5, 5.41) is 3.42. The number of nitrogens with zero attached hydrogens (tertiary/aromatic N) is 2. The van der Waals surface area contributed by atoms with Crippen LogP contribution in [0.25, 0.3) is 0 Å². The van der Waals surface area contributed by atoms with E-state index in [0.717, 1.165) is 28.0 Å². The van der Waals surface area contributed by atoms with Gasteiger partial charge in [0.15, 0.2) is 5.79 Å². The summed E-state index contributed by atoms with van der Waals surface area (Å²) in [7, 11) is 0. The Morgan fingerprint density at radius 2 is 1.96 bits per heavy atom. The Balaban J connectivity index is 1.64. The number of halogens is 1. The highest BCUT2D eigenvalue weighted by Gasteiger charge is 2.44. The molecule has 2 aromatic rings. The summed E-state index contributed by atoms with van der Waals surface area (Å²) in [5.41, 5.74) is 3.70. The molecule has 1 fully saturated rings. The fourth-order valence-electron chi connectivity index (χ4n) is 3.40. The predicted molar refractivity (Wildman–Crippen MR) is 95.7 cm³/mol. The monoisotopic (exact) mass is 423 g/mol. The Morgan fingerprint density at radius 3 is 2.74 bits per heavy atom. The quantitative estimate of drug-likeness (QED) is 0.593. The molecule has 23 heavy (non-hydrogen) atoms. The standard InChI is InChI=1S/C17H18IN3O2/c1-17(2)22-13-6-10-4-3-5-12(11(10)7-14(13)23-17)21-16-8-15(18)19-9-20-16/h3-5,8-9,13-14H,6-7H2,1-2H3,(H,19,20,21)/t13-,14+/m0/s1. The smallest absolute Gasteiger partial charge is 0.163 e. The van der Waals surface area contributed by atoms with Crippen molar-refractivity contribution in [1.82, 2.24) is 9.97 Å². The number of aromatic nitrogens is 2. The fraction of sp³-hybridized carbons (Fsp3) is 0.412. The van der Waals surface area contributed by atoms with Crippen LogP contribution < -0.4 is 5.32 Å². The molecule has 2 aliphatic rings. The fourth-order valence-corrected chi connectivity index (χ4v) is 3.82. The van der Waals surface area contributed by atoms with Gasteiger partial charge < -0.3 is 14.8 Å². The molecule has 4 rings (SSSR count). The summed E-state index contributed by atoms with van der Waals surface area (Å²) in [6, 6.07) is 8.28. The number of hydrogen-bond donors (Lipinski definition) is 1. The van der Waals surface area contributed by atoms with Gasteiger partial charge in [0.25, 0.3) is 0 Å². The van der Waals surface area contributed by atoms with E-state index in [-0.39, 0.29) is 12.2 Å². The third kappa shape index (κ3) is 3.07. The Labute approximate surface area is 149 Å². The molecule has 1 aromatic heterocycles. The second-order valence-corrected chi connectivity index (χ2v) is 7.52. The molecule has 120 valence electrons. The minimum atomic E-state index is -0.492. The first kappa shape index (κ1) is 15.3.